The van der Waals surface area contributed by atoms with Gasteiger partial charge in [-0.15, -0.1) is 11.3 Å². The molecule has 0 aliphatic heterocycles. The van der Waals surface area contributed by atoms with Gasteiger partial charge in [0.25, 0.3) is 0 Å². The third-order valence-electron chi connectivity index (χ3n) is 11.8. The second-order valence-corrected chi connectivity index (χ2v) is 16.9. The zero-order chi connectivity index (χ0) is 38.0. The van der Waals surface area contributed by atoms with Gasteiger partial charge in [0.05, 0.1) is 26.9 Å². The molecule has 0 unspecified atom stereocenters. The number of aromatic nitrogens is 3. The van der Waals surface area contributed by atoms with Gasteiger partial charge in [-0.05, 0) is 64.7 Å². The predicted molar refractivity (Wildman–Crippen MR) is 237 cm³/mol. The fourth-order valence-electron chi connectivity index (χ4n) is 8.40. The van der Waals surface area contributed by atoms with E-state index >= 15 is 0 Å². The highest BCUT2D eigenvalue weighted by molar-refractivity contribution is 7.26. The molecule has 0 aliphatic carbocycles. The van der Waals surface area contributed by atoms with E-state index in [9.17, 15) is 0 Å². The first-order chi connectivity index (χ1) is 27.3. The summed E-state index contributed by atoms with van der Waals surface area (Å²) in [5.41, 5.74) is 12.4. The van der Waals surface area contributed by atoms with E-state index in [1.165, 1.54) is 48.8 Å². The first-order valence-electron chi connectivity index (χ1n) is 19.3. The van der Waals surface area contributed by atoms with E-state index in [4.69, 9.17) is 9.97 Å². The SMILES string of the molecule is CC(C)(c1ccccc1)c1ccc2c(c1)c1cc(C(C)(C)c3ccccc3)ccc1n2-c1ccc2c(c1)sc1c(-c3ccccc3)nc(-c3ccccc3)nc12. The van der Waals surface area contributed by atoms with Crippen LogP contribution in [-0.2, 0) is 10.8 Å². The van der Waals surface area contributed by atoms with Crippen molar-refractivity contribution in [3.05, 3.63) is 198 Å². The molecule has 0 atom stereocenters. The molecular weight excluding hydrogens is 699 g/mol. The van der Waals surface area contributed by atoms with Crippen LogP contribution in [0.15, 0.2) is 176 Å². The van der Waals surface area contributed by atoms with Gasteiger partial charge in [0.15, 0.2) is 5.82 Å². The van der Waals surface area contributed by atoms with E-state index in [0.29, 0.717) is 0 Å². The summed E-state index contributed by atoms with van der Waals surface area (Å²) in [5.74, 6) is 0.742. The summed E-state index contributed by atoms with van der Waals surface area (Å²) >= 11 is 1.78. The van der Waals surface area contributed by atoms with Crippen LogP contribution in [0.2, 0.25) is 0 Å². The van der Waals surface area contributed by atoms with Crippen molar-refractivity contribution < 1.29 is 0 Å². The fraction of sp³-hybridized carbons (Fsp3) is 0.115. The third kappa shape index (κ3) is 5.55. The molecule has 0 N–H and O–H groups in total. The van der Waals surface area contributed by atoms with E-state index in [1.807, 2.05) is 18.2 Å². The molecule has 4 heteroatoms. The largest absolute Gasteiger partial charge is 0.309 e. The molecule has 0 saturated carbocycles. The topological polar surface area (TPSA) is 30.7 Å². The number of hydrogen-bond donors (Lipinski definition) is 0. The standard InChI is InChI=1S/C52H41N3S/c1-51(2,36-21-13-7-14-22-36)38-25-29-44-42(31-38)43-32-39(52(3,4)37-23-15-8-16-24-37)26-30-45(43)55(44)40-27-28-41-46(33-40)56-49-47(34-17-9-5-10-18-34)53-50(54-48(41)49)35-19-11-6-12-20-35/h5-33H,1-4H3. The van der Waals surface area contributed by atoms with Crippen LogP contribution >= 0.6 is 11.3 Å². The van der Waals surface area contributed by atoms with Gasteiger partial charge in [-0.1, -0.05) is 161 Å². The van der Waals surface area contributed by atoms with E-state index in [-0.39, 0.29) is 10.8 Å². The van der Waals surface area contributed by atoms with Crippen molar-refractivity contribution in [1.29, 1.82) is 0 Å². The van der Waals surface area contributed by atoms with Gasteiger partial charge in [-0.25, -0.2) is 9.97 Å². The maximum absolute atomic E-state index is 5.22. The second-order valence-electron chi connectivity index (χ2n) is 15.9. The highest BCUT2D eigenvalue weighted by atomic mass is 32.1. The van der Waals surface area contributed by atoms with Crippen molar-refractivity contribution >= 4 is 53.4 Å². The average Bonchev–Trinajstić information content (AvgIpc) is 3.79. The summed E-state index contributed by atoms with van der Waals surface area (Å²) in [4.78, 5) is 10.4. The second kappa shape index (κ2) is 13.1. The monoisotopic (exact) mass is 739 g/mol. The van der Waals surface area contributed by atoms with Crippen molar-refractivity contribution in [3.63, 3.8) is 0 Å². The van der Waals surface area contributed by atoms with E-state index in [2.05, 4.69) is 190 Å². The smallest absolute Gasteiger partial charge is 0.160 e. The zero-order valence-corrected chi connectivity index (χ0v) is 32.8. The lowest BCUT2D eigenvalue weighted by Gasteiger charge is -2.27. The molecule has 0 radical (unpaired) electrons. The molecule has 3 nitrogen and oxygen atoms in total. The van der Waals surface area contributed by atoms with Gasteiger partial charge in [0.2, 0.25) is 0 Å². The van der Waals surface area contributed by atoms with Crippen LogP contribution in [0.4, 0.5) is 0 Å². The third-order valence-corrected chi connectivity index (χ3v) is 13.0. The normalized spacial score (nSPS) is 12.3. The Morgan fingerprint density at radius 3 is 1.48 bits per heavy atom. The first-order valence-corrected chi connectivity index (χ1v) is 20.1. The Kier molecular flexibility index (Phi) is 8.02. The van der Waals surface area contributed by atoms with Crippen LogP contribution < -0.4 is 0 Å². The molecule has 0 saturated heterocycles. The summed E-state index contributed by atoms with van der Waals surface area (Å²) < 4.78 is 4.74. The highest BCUT2D eigenvalue weighted by Gasteiger charge is 2.27. The molecule has 0 aliphatic rings. The summed E-state index contributed by atoms with van der Waals surface area (Å²) in [6, 6.07) is 63.6. The minimum absolute atomic E-state index is 0.170. The molecule has 7 aromatic carbocycles. The van der Waals surface area contributed by atoms with Crippen LogP contribution in [0.1, 0.15) is 49.9 Å². The molecule has 0 amide bonds. The summed E-state index contributed by atoms with van der Waals surface area (Å²) in [6.07, 6.45) is 0. The molecule has 56 heavy (non-hydrogen) atoms. The molecular formula is C52H41N3S. The van der Waals surface area contributed by atoms with E-state index in [1.54, 1.807) is 11.3 Å². The van der Waals surface area contributed by atoms with Gasteiger partial charge >= 0.3 is 0 Å². The Balaban J connectivity index is 1.20. The van der Waals surface area contributed by atoms with Crippen LogP contribution in [0.3, 0.4) is 0 Å². The number of fused-ring (bicyclic) bond motifs is 6. The van der Waals surface area contributed by atoms with Crippen LogP contribution in [-0.4, -0.2) is 14.5 Å². The Morgan fingerprint density at radius 1 is 0.446 bits per heavy atom. The quantitative estimate of drug-likeness (QED) is 0.163. The van der Waals surface area contributed by atoms with Gasteiger partial charge < -0.3 is 4.57 Å². The minimum atomic E-state index is -0.170. The molecule has 0 bridgehead atoms. The minimum Gasteiger partial charge on any atom is -0.309 e. The number of benzene rings is 7. The van der Waals surface area contributed by atoms with Crippen LogP contribution in [0, 0.1) is 0 Å². The Morgan fingerprint density at radius 2 is 0.946 bits per heavy atom. The number of rotatable bonds is 7. The fourth-order valence-corrected chi connectivity index (χ4v) is 9.59. The lowest BCUT2D eigenvalue weighted by atomic mass is 9.77. The van der Waals surface area contributed by atoms with Gasteiger partial charge in [-0.3, -0.25) is 0 Å². The highest BCUT2D eigenvalue weighted by Crippen LogP contribution is 2.43. The van der Waals surface area contributed by atoms with Crippen LogP contribution in [0.25, 0.3) is 70.4 Å². The van der Waals surface area contributed by atoms with Crippen LogP contribution in [0.5, 0.6) is 0 Å². The number of hydrogen-bond acceptors (Lipinski definition) is 3. The zero-order valence-electron chi connectivity index (χ0n) is 32.0. The molecule has 3 aromatic heterocycles. The average molecular weight is 740 g/mol. The molecule has 10 aromatic rings. The molecule has 3 heterocycles. The van der Waals surface area contributed by atoms with Crippen molar-refractivity contribution in [2.45, 2.75) is 38.5 Å². The maximum Gasteiger partial charge on any atom is 0.160 e. The molecule has 10 rings (SSSR count). The van der Waals surface area contributed by atoms with Crippen molar-refractivity contribution in [1.82, 2.24) is 14.5 Å². The van der Waals surface area contributed by atoms with E-state index in [0.717, 1.165) is 43.9 Å². The van der Waals surface area contributed by atoms with Crippen molar-refractivity contribution in [2.75, 3.05) is 0 Å². The summed E-state index contributed by atoms with van der Waals surface area (Å²) in [7, 11) is 0. The molecule has 270 valence electrons. The van der Waals surface area contributed by atoms with E-state index < -0.39 is 0 Å². The van der Waals surface area contributed by atoms with Gasteiger partial charge in [0, 0.05) is 48.5 Å². The summed E-state index contributed by atoms with van der Waals surface area (Å²) in [6.45, 7) is 9.32. The summed E-state index contributed by atoms with van der Waals surface area (Å²) in [5, 5.41) is 3.66. The maximum atomic E-state index is 5.22. The van der Waals surface area contributed by atoms with Gasteiger partial charge in [-0.2, -0.15) is 0 Å². The predicted octanol–water partition coefficient (Wildman–Crippen LogP) is 13.9. The Labute approximate surface area is 331 Å². The van der Waals surface area contributed by atoms with Crippen molar-refractivity contribution in [2.24, 2.45) is 0 Å². The van der Waals surface area contributed by atoms with Gasteiger partial charge in [0.1, 0.15) is 0 Å². The lowest BCUT2D eigenvalue weighted by Crippen LogP contribution is -2.18. The molecule has 0 spiro atoms. The Hall–Kier alpha value is -6.36. The Bertz CT molecular complexity index is 2940. The molecule has 0 fully saturated rings. The number of nitrogens with zero attached hydrogens (tertiary/aromatic N) is 3. The van der Waals surface area contributed by atoms with Crippen molar-refractivity contribution in [3.8, 4) is 28.3 Å². The number of thiophene rings is 1. The first kappa shape index (κ1) is 34.2. The lowest BCUT2D eigenvalue weighted by molar-refractivity contribution is 0.641.